The zero-order valence-electron chi connectivity index (χ0n) is 10.4. The van der Waals surface area contributed by atoms with Crippen molar-refractivity contribution in [3.63, 3.8) is 0 Å². The number of nitrogens with one attached hydrogen (secondary N) is 1. The Balaban J connectivity index is 1.57. The number of hydrogen-bond donors (Lipinski definition) is 1. The number of halogens is 1. The van der Waals surface area contributed by atoms with Crippen LogP contribution in [0, 0.1) is 0 Å². The molecule has 1 N–H and O–H groups in total. The monoisotopic (exact) mass is 301 g/mol. The number of ether oxygens (including phenoxy) is 2. The Kier molecular flexibility index (Phi) is 4.07. The van der Waals surface area contributed by atoms with Crippen molar-refractivity contribution in [2.75, 3.05) is 13.2 Å². The minimum Gasteiger partial charge on any atom is -0.373 e. The molecule has 19 heavy (non-hydrogen) atoms. The van der Waals surface area contributed by atoms with E-state index in [1.807, 2.05) is 0 Å². The van der Waals surface area contributed by atoms with Gasteiger partial charge in [0.15, 0.2) is 0 Å². The summed E-state index contributed by atoms with van der Waals surface area (Å²) in [5, 5.41) is 3.06. The second-order valence-corrected chi connectivity index (χ2v) is 6.62. The molecule has 2 aliphatic rings. The minimum absolute atomic E-state index is 0.0444. The van der Waals surface area contributed by atoms with Gasteiger partial charge in [-0.1, -0.05) is 11.6 Å². The second-order valence-electron chi connectivity index (χ2n) is 4.91. The lowest BCUT2D eigenvalue weighted by Gasteiger charge is -2.39. The minimum atomic E-state index is -0.0444. The Morgan fingerprint density at radius 1 is 1.26 bits per heavy atom. The molecule has 2 heterocycles. The number of fused-ring (bicyclic) bond motifs is 1. The van der Waals surface area contributed by atoms with Gasteiger partial charge in [0.1, 0.15) is 0 Å². The Bertz CT molecular complexity index is 464. The Morgan fingerprint density at radius 2 is 2.05 bits per heavy atom. The molecule has 1 aliphatic carbocycles. The first-order chi connectivity index (χ1) is 9.22. The van der Waals surface area contributed by atoms with E-state index in [1.165, 1.54) is 11.3 Å². The second kappa shape index (κ2) is 5.79. The van der Waals surface area contributed by atoms with E-state index in [9.17, 15) is 4.79 Å². The van der Waals surface area contributed by atoms with Gasteiger partial charge in [-0.3, -0.25) is 4.79 Å². The molecule has 0 bridgehead atoms. The molecular weight excluding hydrogens is 286 g/mol. The van der Waals surface area contributed by atoms with Gasteiger partial charge in [0.2, 0.25) is 0 Å². The summed E-state index contributed by atoms with van der Waals surface area (Å²) in [5.41, 5.74) is 0. The maximum absolute atomic E-state index is 12.1. The van der Waals surface area contributed by atoms with Gasteiger partial charge in [0.25, 0.3) is 5.91 Å². The zero-order chi connectivity index (χ0) is 13.2. The summed E-state index contributed by atoms with van der Waals surface area (Å²) in [6, 6.07) is 3.67. The summed E-state index contributed by atoms with van der Waals surface area (Å²) in [6.45, 7) is 1.34. The highest BCUT2D eigenvalue weighted by molar-refractivity contribution is 7.17. The average molecular weight is 302 g/mol. The van der Waals surface area contributed by atoms with Crippen LogP contribution in [0.15, 0.2) is 12.1 Å². The van der Waals surface area contributed by atoms with Crippen LogP contribution in [0.5, 0.6) is 0 Å². The normalized spacial score (nSPS) is 30.7. The number of carbonyl (C=O) groups is 1. The SMILES string of the molecule is O=C(N[C@@H]1CC[C@H]2OCCO[C@H]2C1)c1ccc(Cl)s1. The molecule has 0 unspecified atom stereocenters. The molecule has 2 fully saturated rings. The molecule has 0 spiro atoms. The van der Waals surface area contributed by atoms with Crippen molar-refractivity contribution in [3.05, 3.63) is 21.3 Å². The largest absolute Gasteiger partial charge is 0.373 e. The topological polar surface area (TPSA) is 47.6 Å². The van der Waals surface area contributed by atoms with Crippen LogP contribution in [0.3, 0.4) is 0 Å². The summed E-state index contributed by atoms with van der Waals surface area (Å²) in [7, 11) is 0. The van der Waals surface area contributed by atoms with Crippen LogP contribution in [0.2, 0.25) is 4.34 Å². The van der Waals surface area contributed by atoms with Crippen molar-refractivity contribution in [2.24, 2.45) is 0 Å². The van der Waals surface area contributed by atoms with E-state index in [4.69, 9.17) is 21.1 Å². The smallest absolute Gasteiger partial charge is 0.261 e. The van der Waals surface area contributed by atoms with E-state index < -0.39 is 0 Å². The lowest BCUT2D eigenvalue weighted by Crippen LogP contribution is -2.49. The molecule has 4 nitrogen and oxygen atoms in total. The maximum Gasteiger partial charge on any atom is 0.261 e. The molecule has 1 saturated heterocycles. The fourth-order valence-electron chi connectivity index (χ4n) is 2.69. The van der Waals surface area contributed by atoms with Crippen LogP contribution in [0.4, 0.5) is 0 Å². The van der Waals surface area contributed by atoms with Gasteiger partial charge in [0.05, 0.1) is 34.6 Å². The summed E-state index contributed by atoms with van der Waals surface area (Å²) in [6.07, 6.45) is 3.05. The molecule has 1 aromatic rings. The van der Waals surface area contributed by atoms with Crippen LogP contribution in [0.1, 0.15) is 28.9 Å². The first kappa shape index (κ1) is 13.4. The van der Waals surface area contributed by atoms with Gasteiger partial charge in [-0.15, -0.1) is 11.3 Å². The third kappa shape index (κ3) is 3.11. The Hall–Kier alpha value is -0.620. The van der Waals surface area contributed by atoms with Crippen LogP contribution >= 0.6 is 22.9 Å². The number of carbonyl (C=O) groups excluding carboxylic acids is 1. The highest BCUT2D eigenvalue weighted by Crippen LogP contribution is 2.27. The molecule has 1 saturated carbocycles. The number of amides is 1. The highest BCUT2D eigenvalue weighted by atomic mass is 35.5. The molecule has 3 atom stereocenters. The van der Waals surface area contributed by atoms with Crippen LogP contribution in [0.25, 0.3) is 0 Å². The standard InChI is InChI=1S/C13H16ClNO3S/c14-12-4-3-11(19-12)13(16)15-8-1-2-9-10(7-8)18-6-5-17-9/h3-4,8-10H,1-2,5-7H2,(H,15,16)/t8-,9-,10+/m1/s1. The van der Waals surface area contributed by atoms with E-state index in [2.05, 4.69) is 5.32 Å². The number of thiophene rings is 1. The van der Waals surface area contributed by atoms with Gasteiger partial charge < -0.3 is 14.8 Å². The predicted molar refractivity (Wildman–Crippen MR) is 73.9 cm³/mol. The Morgan fingerprint density at radius 3 is 2.79 bits per heavy atom. The van der Waals surface area contributed by atoms with Gasteiger partial charge in [-0.25, -0.2) is 0 Å². The van der Waals surface area contributed by atoms with Gasteiger partial charge in [-0.05, 0) is 31.4 Å². The Labute approximate surface area is 121 Å². The van der Waals surface area contributed by atoms with Gasteiger partial charge in [-0.2, -0.15) is 0 Å². The summed E-state index contributed by atoms with van der Waals surface area (Å²) < 4.78 is 12.0. The van der Waals surface area contributed by atoms with Crippen molar-refractivity contribution in [2.45, 2.75) is 37.5 Å². The van der Waals surface area contributed by atoms with Gasteiger partial charge >= 0.3 is 0 Å². The zero-order valence-corrected chi connectivity index (χ0v) is 12.0. The molecular formula is C13H16ClNO3S. The molecule has 1 aromatic heterocycles. The van der Waals surface area contributed by atoms with Crippen molar-refractivity contribution < 1.29 is 14.3 Å². The summed E-state index contributed by atoms with van der Waals surface area (Å²) in [5.74, 6) is -0.0444. The fraction of sp³-hybridized carbons (Fsp3) is 0.615. The third-order valence-electron chi connectivity index (χ3n) is 3.61. The maximum atomic E-state index is 12.1. The van der Waals surface area contributed by atoms with E-state index in [0.717, 1.165) is 19.3 Å². The third-order valence-corrected chi connectivity index (χ3v) is 4.84. The first-order valence-electron chi connectivity index (χ1n) is 6.52. The molecule has 6 heteroatoms. The highest BCUT2D eigenvalue weighted by Gasteiger charge is 2.34. The lowest BCUT2D eigenvalue weighted by molar-refractivity contribution is -0.157. The quantitative estimate of drug-likeness (QED) is 0.913. The van der Waals surface area contributed by atoms with E-state index in [1.54, 1.807) is 12.1 Å². The van der Waals surface area contributed by atoms with Crippen LogP contribution < -0.4 is 5.32 Å². The van der Waals surface area contributed by atoms with Crippen molar-refractivity contribution in [3.8, 4) is 0 Å². The summed E-state index contributed by atoms with van der Waals surface area (Å²) >= 11 is 7.14. The van der Waals surface area contributed by atoms with E-state index in [-0.39, 0.29) is 24.2 Å². The van der Waals surface area contributed by atoms with Crippen molar-refractivity contribution in [1.29, 1.82) is 0 Å². The summed E-state index contributed by atoms with van der Waals surface area (Å²) in [4.78, 5) is 12.7. The molecule has 0 radical (unpaired) electrons. The molecule has 3 rings (SSSR count). The lowest BCUT2D eigenvalue weighted by atomic mass is 9.89. The number of hydrogen-bond acceptors (Lipinski definition) is 4. The van der Waals surface area contributed by atoms with Crippen molar-refractivity contribution >= 4 is 28.8 Å². The van der Waals surface area contributed by atoms with E-state index in [0.29, 0.717) is 22.4 Å². The van der Waals surface area contributed by atoms with E-state index >= 15 is 0 Å². The number of rotatable bonds is 2. The predicted octanol–water partition coefficient (Wildman–Crippen LogP) is 2.47. The molecule has 0 aromatic carbocycles. The first-order valence-corrected chi connectivity index (χ1v) is 7.71. The van der Waals surface area contributed by atoms with Crippen LogP contribution in [-0.4, -0.2) is 37.4 Å². The van der Waals surface area contributed by atoms with Gasteiger partial charge in [0, 0.05) is 6.04 Å². The molecule has 104 valence electrons. The van der Waals surface area contributed by atoms with Crippen LogP contribution in [-0.2, 0) is 9.47 Å². The molecule has 1 amide bonds. The molecule has 1 aliphatic heterocycles. The van der Waals surface area contributed by atoms with Crippen molar-refractivity contribution in [1.82, 2.24) is 5.32 Å². The average Bonchev–Trinajstić information content (AvgIpc) is 2.85. The fourth-order valence-corrected chi connectivity index (χ4v) is 3.64.